The molecule has 180 valence electrons. The summed E-state index contributed by atoms with van der Waals surface area (Å²) in [6, 6.07) is 3.92. The molecule has 0 bridgehead atoms. The maximum Gasteiger partial charge on any atom is 0.462 e. The fourth-order valence-electron chi connectivity index (χ4n) is 2.58. The highest BCUT2D eigenvalue weighted by Crippen LogP contribution is 2.45. The topological polar surface area (TPSA) is 42.9 Å². The van der Waals surface area contributed by atoms with Gasteiger partial charge in [-0.15, -0.1) is 6.58 Å². The molecule has 2 rings (SSSR count). The third-order valence-corrected chi connectivity index (χ3v) is 4.61. The van der Waals surface area contributed by atoms with E-state index in [2.05, 4.69) is 11.7 Å². The molecule has 2 aromatic carbocycles. The lowest BCUT2D eigenvalue weighted by Gasteiger charge is -2.27. The van der Waals surface area contributed by atoms with Crippen LogP contribution in [0.2, 0.25) is 5.02 Å². The van der Waals surface area contributed by atoms with Gasteiger partial charge in [0.05, 0.1) is 13.3 Å². The smallest absolute Gasteiger partial charge is 0.462 e. The molecule has 0 radical (unpaired) electrons. The summed E-state index contributed by atoms with van der Waals surface area (Å²) in [5.41, 5.74) is 1.77. The molecular formula is C21H18ClF7N2O2. The van der Waals surface area contributed by atoms with Crippen LogP contribution in [0.1, 0.15) is 16.7 Å². The van der Waals surface area contributed by atoms with E-state index in [1.807, 2.05) is 0 Å². The van der Waals surface area contributed by atoms with Crippen LogP contribution in [0.25, 0.3) is 0 Å². The van der Waals surface area contributed by atoms with E-state index in [4.69, 9.17) is 21.1 Å². The second-order valence-electron chi connectivity index (χ2n) is 6.60. The predicted molar refractivity (Wildman–Crippen MR) is 109 cm³/mol. The number of hydrazone groups is 1. The molecule has 12 heteroatoms. The van der Waals surface area contributed by atoms with Crippen LogP contribution in [0, 0.1) is 0 Å². The molecule has 0 heterocycles. The fraction of sp³-hybridized carbons (Fsp3) is 0.286. The van der Waals surface area contributed by atoms with Gasteiger partial charge >= 0.3 is 18.1 Å². The molecule has 0 fully saturated rings. The number of nitrogens with zero attached hydrogens (tertiary/aromatic N) is 1. The van der Waals surface area contributed by atoms with Gasteiger partial charge in [-0.2, -0.15) is 35.8 Å². The lowest BCUT2D eigenvalue weighted by atomic mass is 10.1. The fourth-order valence-corrected chi connectivity index (χ4v) is 2.77. The monoisotopic (exact) mass is 498 g/mol. The first-order valence-corrected chi connectivity index (χ1v) is 9.52. The first-order valence-electron chi connectivity index (χ1n) is 9.14. The van der Waals surface area contributed by atoms with Gasteiger partial charge in [0.25, 0.3) is 0 Å². The highest BCUT2D eigenvalue weighted by atomic mass is 35.5. The number of nitrogens with one attached hydrogen (secondary N) is 1. The van der Waals surface area contributed by atoms with Crippen LogP contribution < -0.4 is 14.9 Å². The zero-order valence-corrected chi connectivity index (χ0v) is 17.8. The van der Waals surface area contributed by atoms with Gasteiger partial charge in [0.15, 0.2) is 11.5 Å². The van der Waals surface area contributed by atoms with E-state index in [-0.39, 0.29) is 30.1 Å². The Labute approximate surface area is 189 Å². The summed E-state index contributed by atoms with van der Waals surface area (Å²) >= 11 is 6.11. The van der Waals surface area contributed by atoms with Gasteiger partial charge < -0.3 is 9.47 Å². The Morgan fingerprint density at radius 3 is 2.30 bits per heavy atom. The number of benzene rings is 2. The molecule has 0 aromatic heterocycles. The minimum atomic E-state index is -6.47. The molecule has 0 saturated carbocycles. The van der Waals surface area contributed by atoms with Gasteiger partial charge in [-0.1, -0.05) is 35.9 Å². The zero-order valence-electron chi connectivity index (χ0n) is 17.0. The van der Waals surface area contributed by atoms with Crippen molar-refractivity contribution in [1.82, 2.24) is 5.43 Å². The molecule has 0 aliphatic carbocycles. The molecule has 4 nitrogen and oxygen atoms in total. The zero-order chi connectivity index (χ0) is 24.9. The van der Waals surface area contributed by atoms with Gasteiger partial charge in [0, 0.05) is 16.1 Å². The normalized spacial score (nSPS) is 12.6. The first kappa shape index (κ1) is 26.3. The van der Waals surface area contributed by atoms with Crippen molar-refractivity contribution in [1.29, 1.82) is 0 Å². The van der Waals surface area contributed by atoms with E-state index in [0.717, 1.165) is 0 Å². The summed E-state index contributed by atoms with van der Waals surface area (Å²) in [4.78, 5) is 0. The number of ether oxygens (including phenoxy) is 2. The van der Waals surface area contributed by atoms with Crippen LogP contribution in [-0.4, -0.2) is 31.5 Å². The summed E-state index contributed by atoms with van der Waals surface area (Å²) in [6.07, 6.45) is -4.09. The summed E-state index contributed by atoms with van der Waals surface area (Å²) in [7, 11) is 1.30. The molecule has 0 saturated heterocycles. The number of hydrogen-bond donors (Lipinski definition) is 1. The molecule has 33 heavy (non-hydrogen) atoms. The third kappa shape index (κ3) is 6.10. The average Bonchev–Trinajstić information content (AvgIpc) is 2.73. The van der Waals surface area contributed by atoms with Crippen molar-refractivity contribution in [2.45, 2.75) is 31.2 Å². The lowest BCUT2D eigenvalue weighted by Crippen LogP contribution is -2.58. The number of halogens is 8. The van der Waals surface area contributed by atoms with Crippen LogP contribution in [0.15, 0.2) is 54.2 Å². The van der Waals surface area contributed by atoms with E-state index in [9.17, 15) is 30.7 Å². The number of hydrogen-bond acceptors (Lipinski definition) is 4. The van der Waals surface area contributed by atoms with Crippen LogP contribution in [0.4, 0.5) is 30.7 Å². The minimum absolute atomic E-state index is 0.0624. The van der Waals surface area contributed by atoms with E-state index in [1.165, 1.54) is 25.3 Å². The Kier molecular flexibility index (Phi) is 8.23. The third-order valence-electron chi connectivity index (χ3n) is 4.24. The molecule has 0 aliphatic heterocycles. The standard InChI is InChI=1S/C21H18ClF7N2O2/c1-3-6-14-9-13(11-30-31-21(28,29)19(23,24)20(25,26)27)10-17(32-2)18(14)33-12-15-7-4-5-8-16(15)22/h3-5,7-11,31H,1,6,12H2,2H3/b30-11+. The summed E-state index contributed by atoms with van der Waals surface area (Å²) in [5.74, 6) is -5.93. The summed E-state index contributed by atoms with van der Waals surface area (Å²) in [6.45, 7) is 3.67. The second kappa shape index (κ2) is 10.3. The quantitative estimate of drug-likeness (QED) is 0.136. The van der Waals surface area contributed by atoms with E-state index in [0.29, 0.717) is 27.8 Å². The average molecular weight is 499 g/mol. The van der Waals surface area contributed by atoms with Gasteiger partial charge in [-0.05, 0) is 30.2 Å². The number of methoxy groups -OCH3 is 1. The Hall–Kier alpha value is -2.95. The van der Waals surface area contributed by atoms with E-state index < -0.39 is 18.1 Å². The van der Waals surface area contributed by atoms with Crippen molar-refractivity contribution >= 4 is 17.8 Å². The molecule has 0 amide bonds. The Bertz CT molecular complexity index is 1010. The predicted octanol–water partition coefficient (Wildman–Crippen LogP) is 6.37. The van der Waals surface area contributed by atoms with Crippen LogP contribution >= 0.6 is 11.6 Å². The molecule has 0 unspecified atom stereocenters. The highest BCUT2D eigenvalue weighted by Gasteiger charge is 2.73. The first-order chi connectivity index (χ1) is 15.3. The Morgan fingerprint density at radius 2 is 1.73 bits per heavy atom. The second-order valence-corrected chi connectivity index (χ2v) is 7.01. The molecular weight excluding hydrogens is 481 g/mol. The molecule has 0 spiro atoms. The maximum atomic E-state index is 13.3. The number of rotatable bonds is 10. The van der Waals surface area contributed by atoms with Crippen molar-refractivity contribution in [2.24, 2.45) is 5.10 Å². The molecule has 2 aromatic rings. The summed E-state index contributed by atoms with van der Waals surface area (Å²) < 4.78 is 100. The van der Waals surface area contributed by atoms with Crippen molar-refractivity contribution in [3.8, 4) is 11.5 Å². The maximum absolute atomic E-state index is 13.3. The minimum Gasteiger partial charge on any atom is -0.493 e. The van der Waals surface area contributed by atoms with Gasteiger partial charge in [-0.3, -0.25) is 0 Å². The van der Waals surface area contributed by atoms with Gasteiger partial charge in [0.1, 0.15) is 6.61 Å². The van der Waals surface area contributed by atoms with E-state index >= 15 is 0 Å². The van der Waals surface area contributed by atoms with Crippen LogP contribution in [-0.2, 0) is 13.0 Å². The highest BCUT2D eigenvalue weighted by molar-refractivity contribution is 6.31. The van der Waals surface area contributed by atoms with Crippen molar-refractivity contribution in [3.05, 3.63) is 70.8 Å². The van der Waals surface area contributed by atoms with Gasteiger partial charge in [0.2, 0.25) is 0 Å². The van der Waals surface area contributed by atoms with E-state index in [1.54, 1.807) is 24.3 Å². The Morgan fingerprint density at radius 1 is 1.06 bits per heavy atom. The lowest BCUT2D eigenvalue weighted by molar-refractivity contribution is -0.361. The summed E-state index contributed by atoms with van der Waals surface area (Å²) in [5, 5.41) is 3.33. The number of alkyl halides is 7. The molecule has 1 N–H and O–H groups in total. The van der Waals surface area contributed by atoms with Crippen molar-refractivity contribution < 1.29 is 40.2 Å². The van der Waals surface area contributed by atoms with Crippen molar-refractivity contribution in [3.63, 3.8) is 0 Å². The van der Waals surface area contributed by atoms with Crippen molar-refractivity contribution in [2.75, 3.05) is 7.11 Å². The van der Waals surface area contributed by atoms with Crippen LogP contribution in [0.5, 0.6) is 11.5 Å². The van der Waals surface area contributed by atoms with Gasteiger partial charge in [-0.25, -0.2) is 5.43 Å². The Balaban J connectivity index is 2.29. The molecule has 0 atom stereocenters. The SMILES string of the molecule is C=CCc1cc(/C=N/NC(F)(F)C(F)(F)C(F)(F)F)cc(OC)c1OCc1ccccc1Cl. The van der Waals surface area contributed by atoms with Crippen LogP contribution in [0.3, 0.4) is 0 Å². The molecule has 0 aliphatic rings. The largest absolute Gasteiger partial charge is 0.493 e. The number of allylic oxidation sites excluding steroid dienone is 1.